The number of rotatable bonds is 3. The maximum atomic E-state index is 12.7. The predicted molar refractivity (Wildman–Crippen MR) is 98.2 cm³/mol. The van der Waals surface area contributed by atoms with E-state index in [1.54, 1.807) is 24.4 Å². The van der Waals surface area contributed by atoms with Crippen molar-refractivity contribution < 1.29 is 9.59 Å². The first-order valence-electron chi connectivity index (χ1n) is 8.51. The van der Waals surface area contributed by atoms with E-state index in [9.17, 15) is 9.59 Å². The van der Waals surface area contributed by atoms with Crippen LogP contribution >= 0.6 is 0 Å². The zero-order chi connectivity index (χ0) is 18.4. The number of carbonyl (C=O) groups excluding carboxylic acids is 2. The monoisotopic (exact) mass is 349 g/mol. The van der Waals surface area contributed by atoms with Crippen molar-refractivity contribution in [2.24, 2.45) is 0 Å². The number of aromatic nitrogens is 3. The lowest BCUT2D eigenvalue weighted by Crippen LogP contribution is -2.15. The Morgan fingerprint density at radius 2 is 2.12 bits per heavy atom. The van der Waals surface area contributed by atoms with Gasteiger partial charge in [-0.1, -0.05) is 6.07 Å². The van der Waals surface area contributed by atoms with Crippen molar-refractivity contribution in [3.05, 3.63) is 52.8 Å². The molecular weight excluding hydrogens is 330 g/mol. The summed E-state index contributed by atoms with van der Waals surface area (Å²) < 4.78 is 1.84. The van der Waals surface area contributed by atoms with Crippen LogP contribution in [0.4, 0.5) is 5.69 Å². The molecule has 1 aromatic carbocycles. The van der Waals surface area contributed by atoms with Crippen LogP contribution in [0.2, 0.25) is 0 Å². The van der Waals surface area contributed by atoms with Crippen molar-refractivity contribution in [2.45, 2.75) is 33.4 Å². The molecule has 2 aromatic heterocycles. The Kier molecular flexibility index (Phi) is 3.72. The Balaban J connectivity index is 1.65. The molecule has 4 rings (SSSR count). The van der Waals surface area contributed by atoms with Gasteiger partial charge in [0.05, 0.1) is 17.5 Å². The molecule has 0 radical (unpaired) electrons. The summed E-state index contributed by atoms with van der Waals surface area (Å²) >= 11 is 0. The van der Waals surface area contributed by atoms with Gasteiger partial charge in [0.25, 0.3) is 11.8 Å². The second-order valence-electron chi connectivity index (χ2n) is 6.73. The van der Waals surface area contributed by atoms with E-state index in [4.69, 9.17) is 0 Å². The van der Waals surface area contributed by atoms with Crippen molar-refractivity contribution in [3.63, 3.8) is 0 Å². The summed E-state index contributed by atoms with van der Waals surface area (Å²) in [6, 6.07) is 7.35. The Bertz CT molecular complexity index is 1050. The van der Waals surface area contributed by atoms with E-state index in [2.05, 4.69) is 20.7 Å². The van der Waals surface area contributed by atoms with Crippen LogP contribution < -0.4 is 10.6 Å². The van der Waals surface area contributed by atoms with E-state index in [1.807, 2.05) is 31.5 Å². The smallest absolute Gasteiger partial charge is 0.257 e. The second kappa shape index (κ2) is 5.94. The Hall–Kier alpha value is -3.22. The van der Waals surface area contributed by atoms with E-state index in [-0.39, 0.29) is 17.9 Å². The van der Waals surface area contributed by atoms with Gasteiger partial charge in [-0.25, -0.2) is 9.67 Å². The number of aryl methyl sites for hydroxylation is 1. The molecule has 3 heterocycles. The number of pyridine rings is 1. The molecule has 1 aliphatic rings. The van der Waals surface area contributed by atoms with E-state index >= 15 is 0 Å². The first kappa shape index (κ1) is 16.3. The van der Waals surface area contributed by atoms with Gasteiger partial charge in [0.1, 0.15) is 0 Å². The van der Waals surface area contributed by atoms with Gasteiger partial charge < -0.3 is 10.6 Å². The number of fused-ring (bicyclic) bond motifs is 2. The van der Waals surface area contributed by atoms with Crippen LogP contribution in [0.3, 0.4) is 0 Å². The summed E-state index contributed by atoms with van der Waals surface area (Å²) in [6.07, 6.45) is 1.72. The number of hydrogen-bond acceptors (Lipinski definition) is 4. The lowest BCUT2D eigenvalue weighted by Gasteiger charge is -2.10. The number of hydrogen-bond donors (Lipinski definition) is 2. The quantitative estimate of drug-likeness (QED) is 0.761. The Morgan fingerprint density at radius 3 is 2.88 bits per heavy atom. The predicted octanol–water partition coefficient (Wildman–Crippen LogP) is 2.82. The fourth-order valence-corrected chi connectivity index (χ4v) is 3.16. The molecule has 2 N–H and O–H groups in total. The number of amides is 2. The average Bonchev–Trinajstić information content (AvgIpc) is 3.17. The van der Waals surface area contributed by atoms with Gasteiger partial charge in [-0.15, -0.1) is 0 Å². The highest BCUT2D eigenvalue weighted by Gasteiger charge is 2.20. The van der Waals surface area contributed by atoms with E-state index in [0.717, 1.165) is 16.6 Å². The molecule has 132 valence electrons. The van der Waals surface area contributed by atoms with Gasteiger partial charge in [0.2, 0.25) is 0 Å². The highest BCUT2D eigenvalue weighted by atomic mass is 16.2. The molecule has 0 saturated carbocycles. The van der Waals surface area contributed by atoms with Crippen LogP contribution in [0.25, 0.3) is 11.0 Å². The van der Waals surface area contributed by atoms with Gasteiger partial charge in [0, 0.05) is 29.2 Å². The SMILES string of the molecule is Cc1nc2c(cnn2C(C)C)cc1C(=O)Nc1ccc2c(c1)C(=O)NC2. The van der Waals surface area contributed by atoms with Gasteiger partial charge in [0.15, 0.2) is 5.65 Å². The first-order valence-corrected chi connectivity index (χ1v) is 8.51. The van der Waals surface area contributed by atoms with Crippen LogP contribution in [0.1, 0.15) is 51.9 Å². The van der Waals surface area contributed by atoms with Crippen molar-refractivity contribution in [1.29, 1.82) is 0 Å². The molecule has 0 aliphatic carbocycles. The van der Waals surface area contributed by atoms with Gasteiger partial charge in [-0.3, -0.25) is 9.59 Å². The van der Waals surface area contributed by atoms with Gasteiger partial charge in [-0.2, -0.15) is 5.10 Å². The van der Waals surface area contributed by atoms with E-state index < -0.39 is 0 Å². The minimum absolute atomic E-state index is 0.114. The number of nitrogens with one attached hydrogen (secondary N) is 2. The topological polar surface area (TPSA) is 88.9 Å². The number of benzene rings is 1. The summed E-state index contributed by atoms with van der Waals surface area (Å²) in [5.74, 6) is -0.371. The molecule has 7 heteroatoms. The summed E-state index contributed by atoms with van der Waals surface area (Å²) in [4.78, 5) is 29.1. The second-order valence-corrected chi connectivity index (χ2v) is 6.73. The number of nitrogens with zero attached hydrogens (tertiary/aromatic N) is 3. The first-order chi connectivity index (χ1) is 12.4. The molecule has 0 atom stereocenters. The molecule has 0 bridgehead atoms. The van der Waals surface area contributed by atoms with Crippen LogP contribution in [-0.2, 0) is 6.54 Å². The van der Waals surface area contributed by atoms with Crippen LogP contribution in [-0.4, -0.2) is 26.6 Å². The minimum atomic E-state index is -0.257. The van der Waals surface area contributed by atoms with E-state index in [0.29, 0.717) is 29.1 Å². The average molecular weight is 349 g/mol. The zero-order valence-corrected chi connectivity index (χ0v) is 14.8. The molecule has 1 aliphatic heterocycles. The molecule has 7 nitrogen and oxygen atoms in total. The number of carbonyl (C=O) groups is 2. The van der Waals surface area contributed by atoms with Crippen molar-refractivity contribution in [3.8, 4) is 0 Å². The normalized spacial score (nSPS) is 13.2. The third-order valence-electron chi connectivity index (χ3n) is 4.55. The molecule has 3 aromatic rings. The number of anilines is 1. The minimum Gasteiger partial charge on any atom is -0.348 e. The molecular formula is C19H19N5O2. The van der Waals surface area contributed by atoms with Gasteiger partial charge in [-0.05, 0) is 44.5 Å². The fourth-order valence-electron chi connectivity index (χ4n) is 3.16. The van der Waals surface area contributed by atoms with Crippen molar-refractivity contribution >= 4 is 28.5 Å². The summed E-state index contributed by atoms with van der Waals surface area (Å²) in [7, 11) is 0. The third kappa shape index (κ3) is 2.61. The van der Waals surface area contributed by atoms with Gasteiger partial charge >= 0.3 is 0 Å². The van der Waals surface area contributed by atoms with E-state index in [1.165, 1.54) is 0 Å². The summed E-state index contributed by atoms with van der Waals surface area (Å²) in [5, 5.41) is 10.8. The maximum absolute atomic E-state index is 12.7. The van der Waals surface area contributed by atoms with Crippen molar-refractivity contribution in [2.75, 3.05) is 5.32 Å². The van der Waals surface area contributed by atoms with Crippen LogP contribution in [0.5, 0.6) is 0 Å². The highest BCUT2D eigenvalue weighted by Crippen LogP contribution is 2.23. The lowest BCUT2D eigenvalue weighted by molar-refractivity contribution is 0.0964. The molecule has 2 amide bonds. The molecule has 0 fully saturated rings. The Labute approximate surface area is 150 Å². The molecule has 0 unspecified atom stereocenters. The van der Waals surface area contributed by atoms with Crippen molar-refractivity contribution in [1.82, 2.24) is 20.1 Å². The molecule has 0 spiro atoms. The third-order valence-corrected chi connectivity index (χ3v) is 4.55. The highest BCUT2D eigenvalue weighted by molar-refractivity contribution is 6.07. The van der Waals surface area contributed by atoms with Crippen LogP contribution in [0.15, 0.2) is 30.5 Å². The van der Waals surface area contributed by atoms with Crippen LogP contribution in [0, 0.1) is 6.92 Å². The Morgan fingerprint density at radius 1 is 1.31 bits per heavy atom. The molecule has 26 heavy (non-hydrogen) atoms. The summed E-state index contributed by atoms with van der Waals surface area (Å²) in [5.41, 5.74) is 4.02. The largest absolute Gasteiger partial charge is 0.348 e. The fraction of sp³-hybridized carbons (Fsp3) is 0.263. The lowest BCUT2D eigenvalue weighted by atomic mass is 10.1. The standard InChI is InChI=1S/C19H19N5O2/c1-10(2)24-17-13(9-21-24)6-15(11(3)22-17)19(26)23-14-5-4-12-8-20-18(25)16(12)7-14/h4-7,9-10H,8H2,1-3H3,(H,20,25)(H,23,26). The maximum Gasteiger partial charge on any atom is 0.257 e. The zero-order valence-electron chi connectivity index (χ0n) is 14.8. The molecule has 0 saturated heterocycles. The summed E-state index contributed by atoms with van der Waals surface area (Å²) in [6.45, 7) is 6.41.